The van der Waals surface area contributed by atoms with Gasteiger partial charge in [0.1, 0.15) is 11.5 Å². The number of carboxylic acids is 1. The summed E-state index contributed by atoms with van der Waals surface area (Å²) in [5.41, 5.74) is 6.37. The van der Waals surface area contributed by atoms with Gasteiger partial charge in [0.25, 0.3) is 0 Å². The van der Waals surface area contributed by atoms with Gasteiger partial charge in [0.2, 0.25) is 0 Å². The molecule has 1 rings (SSSR count). The molecule has 106 valence electrons. The lowest BCUT2D eigenvalue weighted by molar-refractivity contribution is -0.139. The van der Waals surface area contributed by atoms with E-state index in [0.29, 0.717) is 11.5 Å². The minimum Gasteiger partial charge on any atom is -0.497 e. The molecule has 5 nitrogen and oxygen atoms in total. The van der Waals surface area contributed by atoms with E-state index in [0.717, 1.165) is 5.56 Å². The van der Waals surface area contributed by atoms with Crippen molar-refractivity contribution in [3.8, 4) is 11.5 Å². The maximum atomic E-state index is 10.9. The molecule has 0 radical (unpaired) electrons. The number of rotatable bonds is 6. The smallest absolute Gasteiger partial charge is 0.303 e. The predicted octanol–water partition coefficient (Wildman–Crippen LogP) is 2.20. The summed E-state index contributed by atoms with van der Waals surface area (Å²) < 4.78 is 10.5. The van der Waals surface area contributed by atoms with Crippen LogP contribution in [0.4, 0.5) is 0 Å². The standard InChI is InChI=1S/C14H21NO4/c1-14(2,8-12(16)17)13(15)10-7-9(18-3)5-6-11(10)19-4/h5-7,13H,8,15H2,1-4H3,(H,16,17). The Bertz CT molecular complexity index is 457. The summed E-state index contributed by atoms with van der Waals surface area (Å²) in [5, 5.41) is 8.96. The molecule has 0 saturated heterocycles. The number of carboxylic acid groups (broad SMARTS) is 1. The monoisotopic (exact) mass is 267 g/mol. The number of carbonyl (C=O) groups is 1. The molecular weight excluding hydrogens is 246 g/mol. The van der Waals surface area contributed by atoms with Gasteiger partial charge in [-0.25, -0.2) is 0 Å². The number of ether oxygens (including phenoxy) is 2. The van der Waals surface area contributed by atoms with Crippen molar-refractivity contribution in [2.75, 3.05) is 14.2 Å². The second-order valence-corrected chi connectivity index (χ2v) is 5.14. The molecule has 0 heterocycles. The van der Waals surface area contributed by atoms with Gasteiger partial charge in [-0.2, -0.15) is 0 Å². The van der Waals surface area contributed by atoms with E-state index in [1.54, 1.807) is 32.4 Å². The molecule has 5 heteroatoms. The molecule has 1 unspecified atom stereocenters. The molecule has 0 saturated carbocycles. The maximum absolute atomic E-state index is 10.9. The van der Waals surface area contributed by atoms with E-state index in [4.69, 9.17) is 20.3 Å². The average molecular weight is 267 g/mol. The second kappa shape index (κ2) is 5.93. The van der Waals surface area contributed by atoms with E-state index in [1.807, 2.05) is 13.8 Å². The van der Waals surface area contributed by atoms with Gasteiger partial charge in [0, 0.05) is 11.6 Å². The molecule has 1 aromatic carbocycles. The Labute approximate surface area is 113 Å². The third-order valence-electron chi connectivity index (χ3n) is 3.22. The highest BCUT2D eigenvalue weighted by Crippen LogP contribution is 2.39. The first-order valence-electron chi connectivity index (χ1n) is 6.01. The normalized spacial score (nSPS) is 12.9. The molecular formula is C14H21NO4. The molecule has 19 heavy (non-hydrogen) atoms. The lowest BCUT2D eigenvalue weighted by Crippen LogP contribution is -2.31. The van der Waals surface area contributed by atoms with Crippen LogP contribution in [-0.4, -0.2) is 25.3 Å². The van der Waals surface area contributed by atoms with Gasteiger partial charge < -0.3 is 20.3 Å². The van der Waals surface area contributed by atoms with Gasteiger partial charge in [-0.1, -0.05) is 13.8 Å². The Kier molecular flexibility index (Phi) is 4.78. The number of hydrogen-bond acceptors (Lipinski definition) is 4. The third kappa shape index (κ3) is 3.61. The largest absolute Gasteiger partial charge is 0.497 e. The Hall–Kier alpha value is -1.75. The molecule has 3 N–H and O–H groups in total. The Morgan fingerprint density at radius 1 is 1.37 bits per heavy atom. The molecule has 1 atom stereocenters. The van der Waals surface area contributed by atoms with E-state index in [-0.39, 0.29) is 6.42 Å². The van der Waals surface area contributed by atoms with Crippen LogP contribution in [-0.2, 0) is 4.79 Å². The first-order chi connectivity index (χ1) is 8.81. The van der Waals surface area contributed by atoms with Gasteiger partial charge in [0.05, 0.1) is 20.6 Å². The molecule has 0 aliphatic rings. The highest BCUT2D eigenvalue weighted by Gasteiger charge is 2.32. The lowest BCUT2D eigenvalue weighted by Gasteiger charge is -2.31. The van der Waals surface area contributed by atoms with Crippen LogP contribution in [0.2, 0.25) is 0 Å². The van der Waals surface area contributed by atoms with Crippen LogP contribution in [0.5, 0.6) is 11.5 Å². The molecule has 0 bridgehead atoms. The second-order valence-electron chi connectivity index (χ2n) is 5.14. The van der Waals surface area contributed by atoms with Crippen LogP contribution in [0.3, 0.4) is 0 Å². The van der Waals surface area contributed by atoms with Gasteiger partial charge in [-0.05, 0) is 23.6 Å². The summed E-state index contributed by atoms with van der Waals surface area (Å²) in [4.78, 5) is 10.9. The average Bonchev–Trinajstić information content (AvgIpc) is 2.35. The predicted molar refractivity (Wildman–Crippen MR) is 72.5 cm³/mol. The van der Waals surface area contributed by atoms with Crippen molar-refractivity contribution in [2.45, 2.75) is 26.3 Å². The highest BCUT2D eigenvalue weighted by atomic mass is 16.5. The van der Waals surface area contributed by atoms with Gasteiger partial charge in [-0.3, -0.25) is 4.79 Å². The van der Waals surface area contributed by atoms with Crippen molar-refractivity contribution < 1.29 is 19.4 Å². The van der Waals surface area contributed by atoms with Crippen molar-refractivity contribution in [1.82, 2.24) is 0 Å². The molecule has 0 aliphatic carbocycles. The van der Waals surface area contributed by atoms with Crippen molar-refractivity contribution in [3.05, 3.63) is 23.8 Å². The van der Waals surface area contributed by atoms with Crippen LogP contribution in [0, 0.1) is 5.41 Å². The lowest BCUT2D eigenvalue weighted by atomic mass is 9.78. The topological polar surface area (TPSA) is 81.8 Å². The zero-order valence-corrected chi connectivity index (χ0v) is 11.8. The van der Waals surface area contributed by atoms with Gasteiger partial charge in [-0.15, -0.1) is 0 Å². The fraction of sp³-hybridized carbons (Fsp3) is 0.500. The SMILES string of the molecule is COc1ccc(OC)c(C(N)C(C)(C)CC(=O)O)c1. The summed E-state index contributed by atoms with van der Waals surface area (Å²) in [6.45, 7) is 3.65. The van der Waals surface area contributed by atoms with Gasteiger partial charge in [0.15, 0.2) is 0 Å². The number of benzene rings is 1. The van der Waals surface area contributed by atoms with Crippen LogP contribution >= 0.6 is 0 Å². The van der Waals surface area contributed by atoms with E-state index in [9.17, 15) is 4.79 Å². The zero-order chi connectivity index (χ0) is 14.6. The molecule has 0 fully saturated rings. The first kappa shape index (κ1) is 15.3. The van der Waals surface area contributed by atoms with Gasteiger partial charge >= 0.3 is 5.97 Å². The van der Waals surface area contributed by atoms with Crippen LogP contribution in [0.25, 0.3) is 0 Å². The highest BCUT2D eigenvalue weighted by molar-refractivity contribution is 5.67. The van der Waals surface area contributed by atoms with E-state index in [2.05, 4.69) is 0 Å². The zero-order valence-electron chi connectivity index (χ0n) is 11.8. The first-order valence-corrected chi connectivity index (χ1v) is 6.01. The third-order valence-corrected chi connectivity index (χ3v) is 3.22. The maximum Gasteiger partial charge on any atom is 0.303 e. The molecule has 0 spiro atoms. The minimum atomic E-state index is -0.873. The van der Waals surface area contributed by atoms with Crippen LogP contribution in [0.15, 0.2) is 18.2 Å². The minimum absolute atomic E-state index is 0.0193. The van der Waals surface area contributed by atoms with Crippen LogP contribution in [0.1, 0.15) is 31.9 Å². The Morgan fingerprint density at radius 2 is 2.00 bits per heavy atom. The quantitative estimate of drug-likeness (QED) is 0.825. The van der Waals surface area contributed by atoms with E-state index in [1.165, 1.54) is 0 Å². The molecule has 0 aromatic heterocycles. The molecule has 0 amide bonds. The molecule has 0 aliphatic heterocycles. The summed E-state index contributed by atoms with van der Waals surface area (Å²) in [6, 6.07) is 4.87. The number of nitrogens with two attached hydrogens (primary N) is 1. The Morgan fingerprint density at radius 3 is 2.47 bits per heavy atom. The summed E-state index contributed by atoms with van der Waals surface area (Å²) in [7, 11) is 3.13. The van der Waals surface area contributed by atoms with Crippen molar-refractivity contribution in [2.24, 2.45) is 11.1 Å². The molecule has 1 aromatic rings. The Balaban J connectivity index is 3.16. The van der Waals surface area contributed by atoms with Crippen molar-refractivity contribution in [1.29, 1.82) is 0 Å². The number of hydrogen-bond donors (Lipinski definition) is 2. The fourth-order valence-electron chi connectivity index (χ4n) is 2.00. The van der Waals surface area contributed by atoms with E-state index < -0.39 is 17.4 Å². The summed E-state index contributed by atoms with van der Waals surface area (Å²) in [6.07, 6.45) is -0.0193. The fourth-order valence-corrected chi connectivity index (χ4v) is 2.00. The number of methoxy groups -OCH3 is 2. The summed E-state index contributed by atoms with van der Waals surface area (Å²) in [5.74, 6) is 0.423. The summed E-state index contributed by atoms with van der Waals surface area (Å²) >= 11 is 0. The van der Waals surface area contributed by atoms with E-state index >= 15 is 0 Å². The number of aliphatic carboxylic acids is 1. The van der Waals surface area contributed by atoms with Crippen molar-refractivity contribution >= 4 is 5.97 Å². The van der Waals surface area contributed by atoms with Crippen molar-refractivity contribution in [3.63, 3.8) is 0 Å². The van der Waals surface area contributed by atoms with Crippen LogP contribution < -0.4 is 15.2 Å².